The minimum absolute atomic E-state index is 0.0384. The zero-order valence-electron chi connectivity index (χ0n) is 27.6. The van der Waals surface area contributed by atoms with Crippen molar-refractivity contribution in [2.75, 3.05) is 50.9 Å². The minimum atomic E-state index is -1.34. The number of phenols is 1. The average molecular weight is 680 g/mol. The molecule has 4 aliphatic rings. The first kappa shape index (κ1) is 32.4. The van der Waals surface area contributed by atoms with E-state index in [0.29, 0.717) is 35.7 Å². The minimum Gasteiger partial charge on any atom is -0.508 e. The van der Waals surface area contributed by atoms with Gasteiger partial charge in [0.15, 0.2) is 5.82 Å². The van der Waals surface area contributed by atoms with Crippen LogP contribution in [0, 0.1) is 17.0 Å². The van der Waals surface area contributed by atoms with Gasteiger partial charge in [-0.25, -0.2) is 13.2 Å². The van der Waals surface area contributed by atoms with Crippen molar-refractivity contribution < 1.29 is 38.0 Å². The number of β-amino-alcohol motifs (C(OH)–C–C–N with tert-alkyl or cyclic N) is 1. The third-order valence-electron chi connectivity index (χ3n) is 10.8. The van der Waals surface area contributed by atoms with Crippen molar-refractivity contribution in [1.29, 1.82) is 0 Å². The highest BCUT2D eigenvalue weighted by Crippen LogP contribution is 2.60. The lowest BCUT2D eigenvalue weighted by Crippen LogP contribution is -2.44. The number of phenolic OH excluding ortho intramolecular Hbond substituents is 1. The number of anilines is 1. The van der Waals surface area contributed by atoms with Crippen LogP contribution >= 0.6 is 0 Å². The molecule has 260 valence electrons. The lowest BCUT2D eigenvalue weighted by molar-refractivity contribution is -0.0528. The summed E-state index contributed by atoms with van der Waals surface area (Å²) in [5, 5.41) is 32.9. The second-order valence-electron chi connectivity index (χ2n) is 14.8. The van der Waals surface area contributed by atoms with Crippen molar-refractivity contribution in [2.45, 2.75) is 69.4 Å². The molecule has 10 nitrogen and oxygen atoms in total. The van der Waals surface area contributed by atoms with Crippen molar-refractivity contribution in [2.24, 2.45) is 5.41 Å². The van der Waals surface area contributed by atoms with Crippen molar-refractivity contribution >= 4 is 27.5 Å². The Kier molecular flexibility index (Phi) is 7.71. The van der Waals surface area contributed by atoms with Gasteiger partial charge < -0.3 is 29.7 Å². The summed E-state index contributed by atoms with van der Waals surface area (Å²) in [5.74, 6) is -1.20. The zero-order valence-corrected chi connectivity index (χ0v) is 27.6. The van der Waals surface area contributed by atoms with Gasteiger partial charge in [0.05, 0.1) is 36.8 Å². The largest absolute Gasteiger partial charge is 0.508 e. The van der Waals surface area contributed by atoms with Crippen molar-refractivity contribution in [3.63, 3.8) is 0 Å². The maximum absolute atomic E-state index is 17.0. The van der Waals surface area contributed by atoms with Gasteiger partial charge in [-0.3, -0.25) is 9.88 Å². The second-order valence-corrected chi connectivity index (χ2v) is 14.8. The van der Waals surface area contributed by atoms with E-state index in [9.17, 15) is 19.7 Å². The molecule has 4 atom stereocenters. The number of rotatable bonds is 7. The molecule has 1 aliphatic carbocycles. The van der Waals surface area contributed by atoms with Gasteiger partial charge in [0.25, 0.3) is 0 Å². The Labute approximate surface area is 281 Å². The molecule has 3 saturated heterocycles. The standard InChI is InChI=1S/C36H40F3N5O5/c1-3-24-27(38)5-4-20-8-22(46)9-25(28(20)24)30-29(39)31-26(11-40-30)32(43-13-23(14-45)48-18-34(2,47)16-43)42-33(41-31)49-19-36-10-21(37)12-44(36)17-35(15-36)6-7-35/h4-5,8-9,11,21,23,45-47H,3,6-7,10,12-19H2,1-2H3/t21-,23-,34+,36-/m1/s1. The van der Waals surface area contributed by atoms with Crippen LogP contribution in [0.4, 0.5) is 19.0 Å². The molecule has 49 heavy (non-hydrogen) atoms. The van der Waals surface area contributed by atoms with Gasteiger partial charge in [-0.2, -0.15) is 9.97 Å². The van der Waals surface area contributed by atoms with Crippen LogP contribution in [0.15, 0.2) is 30.5 Å². The normalized spacial score (nSPS) is 28.0. The molecule has 8 rings (SSSR count). The number of benzene rings is 2. The van der Waals surface area contributed by atoms with Crippen molar-refractivity contribution in [3.05, 3.63) is 47.7 Å². The third-order valence-corrected chi connectivity index (χ3v) is 10.8. The van der Waals surface area contributed by atoms with Gasteiger partial charge in [-0.15, -0.1) is 0 Å². The molecule has 5 heterocycles. The number of alkyl halides is 1. The van der Waals surface area contributed by atoms with Gasteiger partial charge in [0.2, 0.25) is 0 Å². The number of ether oxygens (including phenoxy) is 2. The number of aliphatic hydroxyl groups excluding tert-OH is 1. The van der Waals surface area contributed by atoms with Gasteiger partial charge in [0.1, 0.15) is 47.0 Å². The number of nitrogens with zero attached hydrogens (tertiary/aromatic N) is 5. The summed E-state index contributed by atoms with van der Waals surface area (Å²) in [4.78, 5) is 17.7. The lowest BCUT2D eigenvalue weighted by Gasteiger charge is -2.31. The van der Waals surface area contributed by atoms with Crippen LogP contribution in [0.2, 0.25) is 0 Å². The Bertz CT molecular complexity index is 1960. The summed E-state index contributed by atoms with van der Waals surface area (Å²) in [6.45, 7) is 4.51. The fourth-order valence-corrected chi connectivity index (χ4v) is 8.46. The predicted octanol–water partition coefficient (Wildman–Crippen LogP) is 4.69. The number of aromatic hydroxyl groups is 1. The van der Waals surface area contributed by atoms with E-state index in [1.807, 2.05) is 0 Å². The summed E-state index contributed by atoms with van der Waals surface area (Å²) in [6.07, 6.45) is 3.47. The summed E-state index contributed by atoms with van der Waals surface area (Å²) in [6, 6.07) is 5.59. The molecular formula is C36H40F3N5O5. The van der Waals surface area contributed by atoms with E-state index in [1.54, 1.807) is 18.7 Å². The van der Waals surface area contributed by atoms with Crippen LogP contribution < -0.4 is 9.64 Å². The SMILES string of the molecule is CCc1c(F)ccc2cc(O)cc(-c3ncc4c(N5C[C@H](CO)OC[C@@](C)(O)C5)nc(OC[C@]56C[C@@H](F)CN5CC5(CC5)C6)nc4c3F)c12. The molecule has 4 aromatic rings. The van der Waals surface area contributed by atoms with Crippen molar-refractivity contribution in [1.82, 2.24) is 19.9 Å². The number of hydrogen-bond donors (Lipinski definition) is 3. The molecule has 2 aromatic carbocycles. The van der Waals surface area contributed by atoms with Crippen LogP contribution in [0.5, 0.6) is 11.8 Å². The smallest absolute Gasteiger partial charge is 0.319 e. The third kappa shape index (κ3) is 5.64. The van der Waals surface area contributed by atoms with E-state index in [-0.39, 0.29) is 78.1 Å². The molecule has 4 fully saturated rings. The Morgan fingerprint density at radius 3 is 2.69 bits per heavy atom. The average Bonchev–Trinajstić information content (AvgIpc) is 3.70. The molecule has 3 aliphatic heterocycles. The lowest BCUT2D eigenvalue weighted by atomic mass is 9.89. The Hall–Kier alpha value is -3.78. The molecule has 1 spiro atoms. The molecule has 3 N–H and O–H groups in total. The molecule has 2 aromatic heterocycles. The van der Waals surface area contributed by atoms with E-state index >= 15 is 8.78 Å². The number of halogens is 3. The quantitative estimate of drug-likeness (QED) is 0.254. The topological polar surface area (TPSA) is 124 Å². The predicted molar refractivity (Wildman–Crippen MR) is 176 cm³/mol. The second kappa shape index (κ2) is 11.6. The number of aryl methyl sites for hydroxylation is 1. The highest BCUT2D eigenvalue weighted by molar-refractivity contribution is 6.01. The van der Waals surface area contributed by atoms with Crippen molar-refractivity contribution in [3.8, 4) is 23.0 Å². The summed E-state index contributed by atoms with van der Waals surface area (Å²) in [7, 11) is 0. The number of aromatic nitrogens is 3. The molecular weight excluding hydrogens is 639 g/mol. The van der Waals surface area contributed by atoms with Gasteiger partial charge in [-0.05, 0) is 72.6 Å². The maximum Gasteiger partial charge on any atom is 0.319 e. The first-order valence-electron chi connectivity index (χ1n) is 16.9. The molecule has 0 bridgehead atoms. The highest BCUT2D eigenvalue weighted by Gasteiger charge is 2.62. The summed E-state index contributed by atoms with van der Waals surface area (Å²) in [5.41, 5.74) is -1.36. The maximum atomic E-state index is 17.0. The molecule has 13 heteroatoms. The molecule has 0 amide bonds. The number of pyridine rings is 1. The zero-order chi connectivity index (χ0) is 34.3. The molecule has 1 saturated carbocycles. The van der Waals surface area contributed by atoms with E-state index in [2.05, 4.69) is 14.9 Å². The van der Waals surface area contributed by atoms with Gasteiger partial charge in [0, 0.05) is 37.8 Å². The van der Waals surface area contributed by atoms with Crippen LogP contribution in [0.3, 0.4) is 0 Å². The number of aliphatic hydroxyl groups is 2. The Balaban J connectivity index is 1.28. The van der Waals surface area contributed by atoms with Crippen LogP contribution in [0.1, 0.15) is 45.1 Å². The fourth-order valence-electron chi connectivity index (χ4n) is 8.46. The van der Waals surface area contributed by atoms with E-state index in [0.717, 1.165) is 25.8 Å². The summed E-state index contributed by atoms with van der Waals surface area (Å²) < 4.78 is 58.8. The highest BCUT2D eigenvalue weighted by atomic mass is 19.1. The van der Waals surface area contributed by atoms with Gasteiger partial charge in [-0.1, -0.05) is 13.0 Å². The van der Waals surface area contributed by atoms with Gasteiger partial charge >= 0.3 is 6.01 Å². The Morgan fingerprint density at radius 1 is 1.12 bits per heavy atom. The van der Waals surface area contributed by atoms with E-state index in [1.165, 1.54) is 30.5 Å². The monoisotopic (exact) mass is 679 g/mol. The first-order chi connectivity index (χ1) is 23.4. The fraction of sp³-hybridized carbons (Fsp3) is 0.528. The van der Waals surface area contributed by atoms with Crippen LogP contribution in [0.25, 0.3) is 32.9 Å². The first-order valence-corrected chi connectivity index (χ1v) is 16.9. The number of hydrogen-bond acceptors (Lipinski definition) is 10. The molecule has 0 radical (unpaired) electrons. The number of fused-ring (bicyclic) bond motifs is 3. The van der Waals surface area contributed by atoms with E-state index < -0.39 is 35.1 Å². The Morgan fingerprint density at radius 2 is 1.94 bits per heavy atom. The van der Waals surface area contributed by atoms with E-state index in [4.69, 9.17) is 14.5 Å². The van der Waals surface area contributed by atoms with Crippen LogP contribution in [-0.2, 0) is 11.2 Å². The molecule has 0 unspecified atom stereocenters. The van der Waals surface area contributed by atoms with Crippen LogP contribution in [-0.4, -0.2) is 105 Å². The summed E-state index contributed by atoms with van der Waals surface area (Å²) >= 11 is 0.